The Labute approximate surface area is 144 Å². The van der Waals surface area contributed by atoms with Gasteiger partial charge >= 0.3 is 0 Å². The summed E-state index contributed by atoms with van der Waals surface area (Å²) in [6, 6.07) is 0.496. The zero-order valence-corrected chi connectivity index (χ0v) is 15.3. The van der Waals surface area contributed by atoms with Crippen molar-refractivity contribution in [1.82, 2.24) is 20.8 Å². The smallest absolute Gasteiger partial charge is 0.246 e. The van der Waals surface area contributed by atoms with E-state index in [-0.39, 0.29) is 6.10 Å². The van der Waals surface area contributed by atoms with Gasteiger partial charge in [-0.3, -0.25) is 4.99 Å². The first-order valence-corrected chi connectivity index (χ1v) is 9.07. The molecule has 0 bridgehead atoms. The summed E-state index contributed by atoms with van der Waals surface area (Å²) in [5, 5.41) is 10.7. The molecule has 1 fully saturated rings. The fourth-order valence-electron chi connectivity index (χ4n) is 3.09. The summed E-state index contributed by atoms with van der Waals surface area (Å²) in [5.41, 5.74) is 0. The number of nitrogens with zero attached hydrogens (tertiary/aromatic N) is 3. The highest BCUT2D eigenvalue weighted by molar-refractivity contribution is 5.79. The average molecular weight is 337 g/mol. The molecule has 0 aliphatic heterocycles. The Bertz CT molecular complexity index is 509. The summed E-state index contributed by atoms with van der Waals surface area (Å²) in [5.74, 6) is 2.79. The highest BCUT2D eigenvalue weighted by Crippen LogP contribution is 2.26. The predicted molar refractivity (Wildman–Crippen MR) is 93.7 cm³/mol. The van der Waals surface area contributed by atoms with E-state index in [0.29, 0.717) is 30.9 Å². The largest absolute Gasteiger partial charge is 0.371 e. The number of hydrogen-bond donors (Lipinski definition) is 2. The van der Waals surface area contributed by atoms with Gasteiger partial charge in [0, 0.05) is 19.7 Å². The van der Waals surface area contributed by atoms with Crippen molar-refractivity contribution >= 4 is 5.96 Å². The van der Waals surface area contributed by atoms with E-state index in [9.17, 15) is 0 Å². The van der Waals surface area contributed by atoms with Gasteiger partial charge < -0.3 is 19.9 Å². The van der Waals surface area contributed by atoms with Crippen LogP contribution in [-0.2, 0) is 11.3 Å². The van der Waals surface area contributed by atoms with E-state index in [0.717, 1.165) is 11.9 Å². The third-order valence-corrected chi connectivity index (χ3v) is 4.66. The van der Waals surface area contributed by atoms with Crippen molar-refractivity contribution in [3.05, 3.63) is 11.7 Å². The summed E-state index contributed by atoms with van der Waals surface area (Å²) in [6.45, 7) is 7.22. The summed E-state index contributed by atoms with van der Waals surface area (Å²) in [4.78, 5) is 8.64. The Hall–Kier alpha value is -1.63. The first-order valence-electron chi connectivity index (χ1n) is 9.07. The molecule has 1 aromatic rings. The zero-order valence-electron chi connectivity index (χ0n) is 15.3. The monoisotopic (exact) mass is 337 g/mol. The molecular weight excluding hydrogens is 306 g/mol. The molecule has 1 aliphatic rings. The van der Waals surface area contributed by atoms with Gasteiger partial charge in [-0.2, -0.15) is 4.98 Å². The third-order valence-electron chi connectivity index (χ3n) is 4.66. The molecule has 0 aromatic carbocycles. The SMILES string of the molecule is CCOC(C)c1noc(CNC(=NC)NC2CCC(CC)CC2)n1. The lowest BCUT2D eigenvalue weighted by atomic mass is 9.84. The van der Waals surface area contributed by atoms with Crippen molar-refractivity contribution < 1.29 is 9.26 Å². The predicted octanol–water partition coefficient (Wildman–Crippen LogP) is 2.80. The number of aliphatic imine (C=N–C) groups is 1. The molecule has 136 valence electrons. The minimum absolute atomic E-state index is 0.154. The molecule has 0 saturated heterocycles. The molecule has 1 aliphatic carbocycles. The van der Waals surface area contributed by atoms with Crippen molar-refractivity contribution in [3.8, 4) is 0 Å². The van der Waals surface area contributed by atoms with Crippen molar-refractivity contribution in [2.24, 2.45) is 10.9 Å². The fraction of sp³-hybridized carbons (Fsp3) is 0.824. The minimum Gasteiger partial charge on any atom is -0.371 e. The van der Waals surface area contributed by atoms with Crippen LogP contribution in [0, 0.1) is 5.92 Å². The van der Waals surface area contributed by atoms with Crippen LogP contribution in [0.25, 0.3) is 0 Å². The lowest BCUT2D eigenvalue weighted by Gasteiger charge is -2.29. The van der Waals surface area contributed by atoms with Crippen LogP contribution in [0.1, 0.15) is 70.7 Å². The zero-order chi connectivity index (χ0) is 17.4. The Morgan fingerprint density at radius 2 is 2.08 bits per heavy atom. The number of aromatic nitrogens is 2. The highest BCUT2D eigenvalue weighted by atomic mass is 16.5. The normalized spacial score (nSPS) is 23.1. The van der Waals surface area contributed by atoms with Crippen LogP contribution < -0.4 is 10.6 Å². The van der Waals surface area contributed by atoms with E-state index in [2.05, 4.69) is 32.7 Å². The standard InChI is InChI=1S/C17H31N5O2/c1-5-13-7-9-14(10-8-13)20-17(18-4)19-11-15-21-16(22-24-15)12(3)23-6-2/h12-14H,5-11H2,1-4H3,(H2,18,19,20). The van der Waals surface area contributed by atoms with Gasteiger partial charge in [-0.15, -0.1) is 0 Å². The quantitative estimate of drug-likeness (QED) is 0.588. The number of hydrogen-bond acceptors (Lipinski definition) is 5. The Kier molecular flexibility index (Phi) is 7.49. The van der Waals surface area contributed by atoms with Crippen LogP contribution >= 0.6 is 0 Å². The van der Waals surface area contributed by atoms with Gasteiger partial charge in [-0.1, -0.05) is 18.5 Å². The molecule has 24 heavy (non-hydrogen) atoms. The van der Waals surface area contributed by atoms with Crippen molar-refractivity contribution in [2.75, 3.05) is 13.7 Å². The van der Waals surface area contributed by atoms with Gasteiger partial charge in [0.1, 0.15) is 6.10 Å². The van der Waals surface area contributed by atoms with Crippen molar-refractivity contribution in [1.29, 1.82) is 0 Å². The summed E-state index contributed by atoms with van der Waals surface area (Å²) in [7, 11) is 1.78. The Balaban J connectivity index is 1.77. The first-order chi connectivity index (χ1) is 11.7. The first kappa shape index (κ1) is 18.7. The minimum atomic E-state index is -0.154. The van der Waals surface area contributed by atoms with Gasteiger partial charge in [0.25, 0.3) is 0 Å². The van der Waals surface area contributed by atoms with E-state index in [1.807, 2.05) is 13.8 Å². The molecule has 7 heteroatoms. The van der Waals surface area contributed by atoms with E-state index in [4.69, 9.17) is 9.26 Å². The van der Waals surface area contributed by atoms with Crippen LogP contribution in [0.3, 0.4) is 0 Å². The van der Waals surface area contributed by atoms with E-state index in [1.54, 1.807) is 7.05 Å². The molecule has 0 spiro atoms. The Morgan fingerprint density at radius 1 is 1.33 bits per heavy atom. The molecule has 0 radical (unpaired) electrons. The Morgan fingerprint density at radius 3 is 2.71 bits per heavy atom. The number of ether oxygens (including phenoxy) is 1. The van der Waals surface area contributed by atoms with Crippen LogP contribution in [0.5, 0.6) is 0 Å². The molecule has 2 N–H and O–H groups in total. The van der Waals surface area contributed by atoms with Crippen molar-refractivity contribution in [2.45, 2.75) is 71.6 Å². The van der Waals surface area contributed by atoms with Gasteiger partial charge in [0.15, 0.2) is 11.8 Å². The van der Waals surface area contributed by atoms with Crippen molar-refractivity contribution in [3.63, 3.8) is 0 Å². The van der Waals surface area contributed by atoms with Gasteiger partial charge in [0.2, 0.25) is 5.89 Å². The topological polar surface area (TPSA) is 84.6 Å². The highest BCUT2D eigenvalue weighted by Gasteiger charge is 2.21. The fourth-order valence-corrected chi connectivity index (χ4v) is 3.09. The maximum atomic E-state index is 5.46. The lowest BCUT2D eigenvalue weighted by molar-refractivity contribution is 0.0683. The van der Waals surface area contributed by atoms with Gasteiger partial charge in [-0.25, -0.2) is 0 Å². The molecular formula is C17H31N5O2. The molecule has 0 amide bonds. The van der Waals surface area contributed by atoms with E-state index in [1.165, 1.54) is 32.1 Å². The summed E-state index contributed by atoms with van der Waals surface area (Å²) >= 11 is 0. The third kappa shape index (κ3) is 5.47. The lowest BCUT2D eigenvalue weighted by Crippen LogP contribution is -2.44. The molecule has 1 heterocycles. The van der Waals surface area contributed by atoms with Crippen LogP contribution in [-0.4, -0.2) is 35.8 Å². The molecule has 1 saturated carbocycles. The summed E-state index contributed by atoms with van der Waals surface area (Å²) in [6.07, 6.45) is 6.14. The number of rotatable bonds is 7. The molecule has 1 unspecified atom stereocenters. The molecule has 1 atom stereocenters. The number of nitrogens with one attached hydrogen (secondary N) is 2. The van der Waals surface area contributed by atoms with Crippen LogP contribution in [0.15, 0.2) is 9.52 Å². The molecule has 7 nitrogen and oxygen atoms in total. The maximum Gasteiger partial charge on any atom is 0.246 e. The van der Waals surface area contributed by atoms with Crippen LogP contribution in [0.4, 0.5) is 0 Å². The molecule has 1 aromatic heterocycles. The van der Waals surface area contributed by atoms with E-state index < -0.39 is 0 Å². The number of guanidine groups is 1. The second kappa shape index (κ2) is 9.61. The summed E-state index contributed by atoms with van der Waals surface area (Å²) < 4.78 is 10.7. The maximum absolute atomic E-state index is 5.46. The second-order valence-electron chi connectivity index (χ2n) is 6.34. The average Bonchev–Trinajstić information content (AvgIpc) is 3.08. The van der Waals surface area contributed by atoms with Gasteiger partial charge in [0.05, 0.1) is 6.54 Å². The molecule has 2 rings (SSSR count). The van der Waals surface area contributed by atoms with Gasteiger partial charge in [-0.05, 0) is 45.4 Å². The van der Waals surface area contributed by atoms with Crippen LogP contribution in [0.2, 0.25) is 0 Å². The van der Waals surface area contributed by atoms with E-state index >= 15 is 0 Å². The second-order valence-corrected chi connectivity index (χ2v) is 6.34.